The van der Waals surface area contributed by atoms with E-state index in [0.717, 1.165) is 31.7 Å². The highest BCUT2D eigenvalue weighted by Crippen LogP contribution is 2.18. The van der Waals surface area contributed by atoms with Crippen molar-refractivity contribution in [1.82, 2.24) is 19.0 Å². The maximum absolute atomic E-state index is 12.8. The smallest absolute Gasteiger partial charge is 0.243 e. The van der Waals surface area contributed by atoms with Crippen LogP contribution in [-0.2, 0) is 14.8 Å². The van der Waals surface area contributed by atoms with Gasteiger partial charge < -0.3 is 4.90 Å². The van der Waals surface area contributed by atoms with Crippen molar-refractivity contribution < 1.29 is 13.2 Å². The van der Waals surface area contributed by atoms with E-state index in [0.29, 0.717) is 43.7 Å². The van der Waals surface area contributed by atoms with Gasteiger partial charge in [-0.1, -0.05) is 17.7 Å². The first-order valence-corrected chi connectivity index (χ1v) is 11.5. The van der Waals surface area contributed by atoms with Gasteiger partial charge in [0.15, 0.2) is 0 Å². The van der Waals surface area contributed by atoms with Gasteiger partial charge in [0, 0.05) is 58.4 Å². The normalized spacial score (nSPS) is 20.6. The Kier molecular flexibility index (Phi) is 6.75. The third-order valence-electron chi connectivity index (χ3n) is 5.75. The minimum absolute atomic E-state index is 0.151. The van der Waals surface area contributed by atoms with E-state index < -0.39 is 10.0 Å². The first kappa shape index (κ1) is 21.2. The molecule has 8 heteroatoms. The highest BCUT2D eigenvalue weighted by Gasteiger charge is 2.30. The Balaban J connectivity index is 1.49. The molecule has 2 saturated heterocycles. The van der Waals surface area contributed by atoms with Crippen molar-refractivity contribution >= 4 is 15.9 Å². The van der Waals surface area contributed by atoms with Gasteiger partial charge in [0.2, 0.25) is 15.9 Å². The maximum Gasteiger partial charge on any atom is 0.243 e. The van der Waals surface area contributed by atoms with Crippen molar-refractivity contribution in [3.63, 3.8) is 0 Å². The molecule has 0 atom stereocenters. The molecule has 0 unspecified atom stereocenters. The molecule has 0 spiro atoms. The van der Waals surface area contributed by atoms with E-state index in [2.05, 4.69) is 23.6 Å². The zero-order valence-corrected chi connectivity index (χ0v) is 18.0. The van der Waals surface area contributed by atoms with Crippen LogP contribution in [0.15, 0.2) is 29.2 Å². The highest BCUT2D eigenvalue weighted by molar-refractivity contribution is 7.89. The Morgan fingerprint density at radius 1 is 0.929 bits per heavy atom. The monoisotopic (exact) mass is 408 g/mol. The van der Waals surface area contributed by atoms with E-state index in [4.69, 9.17) is 0 Å². The van der Waals surface area contributed by atoms with Crippen molar-refractivity contribution in [2.24, 2.45) is 0 Å². The fraction of sp³-hybridized carbons (Fsp3) is 0.650. The van der Waals surface area contributed by atoms with Gasteiger partial charge in [0.05, 0.1) is 11.4 Å². The minimum Gasteiger partial charge on any atom is -0.339 e. The average molecular weight is 409 g/mol. The van der Waals surface area contributed by atoms with Crippen molar-refractivity contribution in [2.75, 3.05) is 58.9 Å². The first-order chi connectivity index (χ1) is 13.3. The van der Waals surface area contributed by atoms with E-state index in [9.17, 15) is 13.2 Å². The number of nitrogens with zero attached hydrogens (tertiary/aromatic N) is 4. The minimum atomic E-state index is -3.46. The molecule has 28 heavy (non-hydrogen) atoms. The van der Waals surface area contributed by atoms with E-state index in [1.54, 1.807) is 12.1 Å². The third-order valence-corrected chi connectivity index (χ3v) is 7.66. The number of hydrogen-bond donors (Lipinski definition) is 0. The van der Waals surface area contributed by atoms with Gasteiger partial charge in [-0.25, -0.2) is 8.42 Å². The Morgan fingerprint density at radius 3 is 2.04 bits per heavy atom. The van der Waals surface area contributed by atoms with Crippen LogP contribution in [0, 0.1) is 6.92 Å². The summed E-state index contributed by atoms with van der Waals surface area (Å²) in [4.78, 5) is 19.3. The van der Waals surface area contributed by atoms with Crippen LogP contribution in [0.3, 0.4) is 0 Å². The predicted octanol–water partition coefficient (Wildman–Crippen LogP) is 0.854. The first-order valence-electron chi connectivity index (χ1n) is 10.1. The molecule has 0 N–H and O–H groups in total. The van der Waals surface area contributed by atoms with Crippen LogP contribution in [-0.4, -0.2) is 98.3 Å². The number of sulfonamides is 1. The summed E-state index contributed by atoms with van der Waals surface area (Å²) in [7, 11) is -3.46. The van der Waals surface area contributed by atoms with Gasteiger partial charge in [-0.05, 0) is 32.9 Å². The highest BCUT2D eigenvalue weighted by atomic mass is 32.2. The number of piperazine rings is 2. The quantitative estimate of drug-likeness (QED) is 0.723. The molecule has 0 radical (unpaired) electrons. The third kappa shape index (κ3) is 4.92. The summed E-state index contributed by atoms with van der Waals surface area (Å²) in [6, 6.07) is 7.48. The molecule has 156 valence electrons. The molecule has 3 rings (SSSR count). The maximum atomic E-state index is 12.8. The number of benzene rings is 1. The van der Waals surface area contributed by atoms with Gasteiger partial charge in [0.1, 0.15) is 0 Å². The molecule has 0 bridgehead atoms. The summed E-state index contributed by atoms with van der Waals surface area (Å²) in [5.74, 6) is 0.151. The fourth-order valence-corrected chi connectivity index (χ4v) is 5.19. The number of amides is 1. The van der Waals surface area contributed by atoms with E-state index in [-0.39, 0.29) is 5.91 Å². The summed E-state index contributed by atoms with van der Waals surface area (Å²) in [5.41, 5.74) is 1.04. The molecule has 2 fully saturated rings. The van der Waals surface area contributed by atoms with E-state index >= 15 is 0 Å². The van der Waals surface area contributed by atoms with Crippen molar-refractivity contribution in [3.8, 4) is 0 Å². The molecular weight excluding hydrogens is 376 g/mol. The molecule has 2 aliphatic rings. The molecule has 0 saturated carbocycles. The zero-order valence-electron chi connectivity index (χ0n) is 17.2. The van der Waals surface area contributed by atoms with Gasteiger partial charge in [-0.15, -0.1) is 0 Å². The average Bonchev–Trinajstić information content (AvgIpc) is 2.69. The lowest BCUT2D eigenvalue weighted by Gasteiger charge is -2.39. The van der Waals surface area contributed by atoms with Crippen LogP contribution < -0.4 is 0 Å². The second-order valence-corrected chi connectivity index (χ2v) is 9.94. The fourth-order valence-electron chi connectivity index (χ4n) is 3.77. The summed E-state index contributed by atoms with van der Waals surface area (Å²) >= 11 is 0. The Hall–Kier alpha value is -1.48. The second kappa shape index (κ2) is 8.90. The van der Waals surface area contributed by atoms with Gasteiger partial charge in [-0.2, -0.15) is 4.31 Å². The summed E-state index contributed by atoms with van der Waals surface area (Å²) in [5, 5.41) is 0. The standard InChI is InChI=1S/C20H32N4O3S/c1-17(2)22-10-12-23(13-11-22)20(25)16-21-8-14-24(15-9-21)28(26,27)19-6-4-18(3)5-7-19/h4-7,17H,8-16H2,1-3H3. The molecule has 1 aromatic carbocycles. The molecule has 0 aromatic heterocycles. The molecule has 7 nitrogen and oxygen atoms in total. The predicted molar refractivity (Wildman–Crippen MR) is 110 cm³/mol. The lowest BCUT2D eigenvalue weighted by molar-refractivity contribution is -0.134. The number of carbonyl (C=O) groups excluding carboxylic acids is 1. The molecule has 2 aliphatic heterocycles. The van der Waals surface area contributed by atoms with Gasteiger partial charge in [-0.3, -0.25) is 14.6 Å². The van der Waals surface area contributed by atoms with Crippen molar-refractivity contribution in [1.29, 1.82) is 0 Å². The van der Waals surface area contributed by atoms with Crippen LogP contribution in [0.5, 0.6) is 0 Å². The number of aryl methyl sites for hydroxylation is 1. The molecule has 0 aliphatic carbocycles. The van der Waals surface area contributed by atoms with Crippen LogP contribution in [0.1, 0.15) is 19.4 Å². The summed E-state index contributed by atoms with van der Waals surface area (Å²) in [6.45, 7) is 12.1. The summed E-state index contributed by atoms with van der Waals surface area (Å²) < 4.78 is 27.1. The van der Waals surface area contributed by atoms with E-state index in [1.807, 2.05) is 24.0 Å². The van der Waals surface area contributed by atoms with Crippen LogP contribution in [0.4, 0.5) is 0 Å². The molecule has 2 heterocycles. The largest absolute Gasteiger partial charge is 0.339 e. The molecule has 1 amide bonds. The Labute approximate surface area is 168 Å². The van der Waals surface area contributed by atoms with Crippen LogP contribution in [0.2, 0.25) is 0 Å². The Bertz CT molecular complexity index is 763. The van der Waals surface area contributed by atoms with Crippen LogP contribution in [0.25, 0.3) is 0 Å². The van der Waals surface area contributed by atoms with Crippen molar-refractivity contribution in [3.05, 3.63) is 29.8 Å². The lowest BCUT2D eigenvalue weighted by Crippen LogP contribution is -2.55. The lowest BCUT2D eigenvalue weighted by atomic mass is 10.2. The topological polar surface area (TPSA) is 64.2 Å². The number of rotatable bonds is 5. The number of carbonyl (C=O) groups is 1. The zero-order chi connectivity index (χ0) is 20.3. The van der Waals surface area contributed by atoms with E-state index in [1.165, 1.54) is 4.31 Å². The van der Waals surface area contributed by atoms with Gasteiger partial charge in [0.25, 0.3) is 0 Å². The molecular formula is C20H32N4O3S. The van der Waals surface area contributed by atoms with Crippen molar-refractivity contribution in [2.45, 2.75) is 31.7 Å². The van der Waals surface area contributed by atoms with Gasteiger partial charge >= 0.3 is 0 Å². The second-order valence-electron chi connectivity index (χ2n) is 8.00. The Morgan fingerprint density at radius 2 is 1.50 bits per heavy atom. The van der Waals surface area contributed by atoms with Crippen LogP contribution >= 0.6 is 0 Å². The number of hydrogen-bond acceptors (Lipinski definition) is 5. The SMILES string of the molecule is Cc1ccc(S(=O)(=O)N2CCN(CC(=O)N3CCN(C(C)C)CC3)CC2)cc1. The molecule has 1 aromatic rings. The summed E-state index contributed by atoms with van der Waals surface area (Å²) in [6.07, 6.45) is 0.